The predicted molar refractivity (Wildman–Crippen MR) is 224 cm³/mol. The Labute approximate surface area is 327 Å². The van der Waals surface area contributed by atoms with Crippen LogP contribution in [0.15, 0.2) is 36.5 Å². The molecule has 0 aromatic heterocycles. The number of unbranched alkanes of at least 4 members (excludes halogenated alkanes) is 22. The van der Waals surface area contributed by atoms with Gasteiger partial charge in [0.1, 0.15) is 13.2 Å². The summed E-state index contributed by atoms with van der Waals surface area (Å²) in [4.78, 5) is 25.1. The van der Waals surface area contributed by atoms with E-state index in [4.69, 9.17) is 9.05 Å². The van der Waals surface area contributed by atoms with Gasteiger partial charge in [-0.05, 0) is 51.4 Å². The number of allylic oxidation sites excluding steroid dienone is 5. The Balaban J connectivity index is 4.38. The van der Waals surface area contributed by atoms with Crippen molar-refractivity contribution in [2.24, 2.45) is 0 Å². The predicted octanol–water partition coefficient (Wildman–Crippen LogP) is 11.3. The van der Waals surface area contributed by atoms with Crippen LogP contribution in [-0.2, 0) is 18.4 Å². The quantitative estimate of drug-likeness (QED) is 0.0279. The molecule has 2 N–H and O–H groups in total. The number of aliphatic hydroxyl groups is 1. The third-order valence-electron chi connectivity index (χ3n) is 9.57. The van der Waals surface area contributed by atoms with E-state index in [0.717, 1.165) is 32.1 Å². The van der Waals surface area contributed by atoms with Crippen molar-refractivity contribution in [2.75, 3.05) is 40.9 Å². The summed E-state index contributed by atoms with van der Waals surface area (Å²) in [5, 5.41) is 13.7. The normalized spacial score (nSPS) is 14.8. The Morgan fingerprint density at radius 1 is 0.642 bits per heavy atom. The maximum Gasteiger partial charge on any atom is 0.268 e. The van der Waals surface area contributed by atoms with Gasteiger partial charge in [0.2, 0.25) is 5.91 Å². The summed E-state index contributed by atoms with van der Waals surface area (Å²) in [7, 11) is 1.23. The van der Waals surface area contributed by atoms with Gasteiger partial charge in [-0.2, -0.15) is 0 Å². The molecule has 0 saturated carbocycles. The van der Waals surface area contributed by atoms with Gasteiger partial charge >= 0.3 is 0 Å². The molecule has 0 aliphatic heterocycles. The standard InChI is InChI=1S/C44H85N2O6P/c1-6-8-10-12-14-16-17-18-19-20-21-22-23-24-25-26-27-28-30-31-33-35-37-43(47)42(41-52-53(49,50)51-40-39-46(3,4)5)45-44(48)38-36-34-32-29-15-13-11-9-7-2/h28-30,32,35,37,42-43,47H,6-27,31,33-34,36,38-41H2,1-5H3,(H-,45,48,49,50)/b30-28+,32-29-,37-35+. The van der Waals surface area contributed by atoms with Gasteiger partial charge in [-0.3, -0.25) is 9.36 Å². The van der Waals surface area contributed by atoms with Crippen molar-refractivity contribution in [3.8, 4) is 0 Å². The van der Waals surface area contributed by atoms with E-state index in [9.17, 15) is 19.4 Å². The highest BCUT2D eigenvalue weighted by atomic mass is 31.2. The van der Waals surface area contributed by atoms with Crippen molar-refractivity contribution in [2.45, 2.75) is 199 Å². The molecule has 0 bridgehead atoms. The second-order valence-corrected chi connectivity index (χ2v) is 17.4. The molecule has 0 fully saturated rings. The monoisotopic (exact) mass is 769 g/mol. The Bertz CT molecular complexity index is 964. The summed E-state index contributed by atoms with van der Waals surface area (Å²) in [6.45, 7) is 4.56. The Morgan fingerprint density at radius 3 is 1.55 bits per heavy atom. The Hall–Kier alpha value is -1.28. The first-order valence-corrected chi connectivity index (χ1v) is 23.3. The van der Waals surface area contributed by atoms with E-state index in [0.29, 0.717) is 17.4 Å². The summed E-state index contributed by atoms with van der Waals surface area (Å²) in [6, 6.07) is -0.914. The number of quaternary nitrogens is 1. The molecule has 0 heterocycles. The highest BCUT2D eigenvalue weighted by Gasteiger charge is 2.23. The van der Waals surface area contributed by atoms with Crippen LogP contribution in [0, 0.1) is 0 Å². The lowest BCUT2D eigenvalue weighted by molar-refractivity contribution is -0.870. The minimum atomic E-state index is -4.59. The van der Waals surface area contributed by atoms with Crippen molar-refractivity contribution >= 4 is 13.7 Å². The molecule has 312 valence electrons. The lowest BCUT2D eigenvalue weighted by Crippen LogP contribution is -2.45. The highest BCUT2D eigenvalue weighted by Crippen LogP contribution is 2.38. The molecule has 0 radical (unpaired) electrons. The molecule has 3 atom stereocenters. The van der Waals surface area contributed by atoms with Crippen LogP contribution in [0.2, 0.25) is 0 Å². The molecule has 0 aromatic carbocycles. The highest BCUT2D eigenvalue weighted by molar-refractivity contribution is 7.45. The number of amides is 1. The number of phosphoric ester groups is 1. The fourth-order valence-corrected chi connectivity index (χ4v) is 6.78. The fraction of sp³-hybridized carbons (Fsp3) is 0.841. The smallest absolute Gasteiger partial charge is 0.268 e. The van der Waals surface area contributed by atoms with Gasteiger partial charge < -0.3 is 28.8 Å². The van der Waals surface area contributed by atoms with E-state index in [-0.39, 0.29) is 18.9 Å². The van der Waals surface area contributed by atoms with Gasteiger partial charge in [0.15, 0.2) is 0 Å². The molecular weight excluding hydrogens is 683 g/mol. The number of nitrogens with zero attached hydrogens (tertiary/aromatic N) is 1. The molecule has 9 heteroatoms. The molecular formula is C44H85N2O6P. The lowest BCUT2D eigenvalue weighted by atomic mass is 10.0. The van der Waals surface area contributed by atoms with Gasteiger partial charge in [-0.1, -0.05) is 166 Å². The van der Waals surface area contributed by atoms with Crippen molar-refractivity contribution in [1.82, 2.24) is 5.32 Å². The number of hydrogen-bond acceptors (Lipinski definition) is 6. The summed E-state index contributed by atoms with van der Waals surface area (Å²) in [6.07, 6.45) is 43.6. The van der Waals surface area contributed by atoms with Crippen LogP contribution in [0.5, 0.6) is 0 Å². The van der Waals surface area contributed by atoms with E-state index in [1.807, 2.05) is 27.2 Å². The third-order valence-corrected chi connectivity index (χ3v) is 10.5. The van der Waals surface area contributed by atoms with Gasteiger partial charge in [0.25, 0.3) is 7.82 Å². The number of nitrogens with one attached hydrogen (secondary N) is 1. The fourth-order valence-electron chi connectivity index (χ4n) is 6.05. The van der Waals surface area contributed by atoms with Crippen LogP contribution in [0.4, 0.5) is 0 Å². The summed E-state index contributed by atoms with van der Waals surface area (Å²) >= 11 is 0. The topological polar surface area (TPSA) is 108 Å². The first-order valence-electron chi connectivity index (χ1n) is 21.9. The zero-order chi connectivity index (χ0) is 39.3. The van der Waals surface area contributed by atoms with Gasteiger partial charge in [-0.25, -0.2) is 0 Å². The van der Waals surface area contributed by atoms with Gasteiger partial charge in [0, 0.05) is 6.42 Å². The zero-order valence-corrected chi connectivity index (χ0v) is 36.1. The van der Waals surface area contributed by atoms with Gasteiger partial charge in [0.05, 0.1) is 39.9 Å². The van der Waals surface area contributed by atoms with Crippen molar-refractivity contribution in [3.63, 3.8) is 0 Å². The average molecular weight is 769 g/mol. The maximum absolute atomic E-state index is 12.7. The molecule has 0 rings (SSSR count). The van der Waals surface area contributed by atoms with E-state index >= 15 is 0 Å². The van der Waals surface area contributed by atoms with E-state index in [1.54, 1.807) is 6.08 Å². The van der Waals surface area contributed by atoms with Crippen molar-refractivity contribution < 1.29 is 32.9 Å². The molecule has 0 aromatic rings. The van der Waals surface area contributed by atoms with Crippen LogP contribution < -0.4 is 10.2 Å². The van der Waals surface area contributed by atoms with Crippen LogP contribution in [0.1, 0.15) is 187 Å². The minimum absolute atomic E-state index is 0.0110. The Kier molecular flexibility index (Phi) is 35.5. The minimum Gasteiger partial charge on any atom is -0.756 e. The third kappa shape index (κ3) is 38.8. The van der Waals surface area contributed by atoms with Crippen LogP contribution in [-0.4, -0.2) is 68.5 Å². The number of hydrogen-bond donors (Lipinski definition) is 2. The number of likely N-dealkylation sites (N-methyl/N-ethyl adjacent to an activating group) is 1. The molecule has 0 saturated heterocycles. The number of rotatable bonds is 39. The first-order chi connectivity index (χ1) is 25.5. The van der Waals surface area contributed by atoms with E-state index < -0.39 is 26.6 Å². The number of carbonyl (C=O) groups excluding carboxylic acids is 1. The maximum atomic E-state index is 12.7. The number of phosphoric acid groups is 1. The van der Waals surface area contributed by atoms with Gasteiger partial charge in [-0.15, -0.1) is 0 Å². The van der Waals surface area contributed by atoms with Crippen LogP contribution in [0.3, 0.4) is 0 Å². The van der Waals surface area contributed by atoms with Crippen molar-refractivity contribution in [1.29, 1.82) is 0 Å². The summed E-state index contributed by atoms with van der Waals surface area (Å²) < 4.78 is 23.1. The largest absolute Gasteiger partial charge is 0.756 e. The number of aliphatic hydroxyl groups excluding tert-OH is 1. The van der Waals surface area contributed by atoms with E-state index in [2.05, 4.69) is 43.5 Å². The van der Waals surface area contributed by atoms with Crippen molar-refractivity contribution in [3.05, 3.63) is 36.5 Å². The molecule has 3 unspecified atom stereocenters. The summed E-state index contributed by atoms with van der Waals surface area (Å²) in [5.41, 5.74) is 0. The molecule has 0 aliphatic rings. The zero-order valence-electron chi connectivity index (χ0n) is 35.2. The average Bonchev–Trinajstić information content (AvgIpc) is 3.10. The summed E-state index contributed by atoms with van der Waals surface area (Å²) in [5.74, 6) is -0.244. The second kappa shape index (κ2) is 36.4. The Morgan fingerprint density at radius 2 is 1.06 bits per heavy atom. The molecule has 53 heavy (non-hydrogen) atoms. The lowest BCUT2D eigenvalue weighted by Gasteiger charge is -2.29. The SMILES string of the molecule is CCCCCC/C=C\CCCC(=O)NC(COP(=O)([O-])OCC[N+](C)(C)C)C(O)/C=C/CC/C=C/CCCCCCCCCCCCCCCCCC. The molecule has 0 spiro atoms. The number of carbonyl (C=O) groups is 1. The first kappa shape index (κ1) is 51.7. The van der Waals surface area contributed by atoms with Crippen LogP contribution >= 0.6 is 7.82 Å². The second-order valence-electron chi connectivity index (χ2n) is 16.0. The van der Waals surface area contributed by atoms with E-state index in [1.165, 1.54) is 128 Å². The van der Waals surface area contributed by atoms with Crippen LogP contribution in [0.25, 0.3) is 0 Å². The molecule has 1 amide bonds. The molecule has 8 nitrogen and oxygen atoms in total. The molecule has 0 aliphatic carbocycles.